The number of aromatic hydroxyl groups is 1. The van der Waals surface area contributed by atoms with Crippen LogP contribution in [0.15, 0.2) is 65.7 Å². The van der Waals surface area contributed by atoms with Crippen molar-refractivity contribution in [1.29, 1.82) is 5.26 Å². The van der Waals surface area contributed by atoms with Gasteiger partial charge >= 0.3 is 0 Å². The summed E-state index contributed by atoms with van der Waals surface area (Å²) in [6.07, 6.45) is 6.27. The minimum atomic E-state index is -0.320. The molecule has 2 heterocycles. The second-order valence-corrected chi connectivity index (χ2v) is 6.36. The molecule has 0 aliphatic rings. The Kier molecular flexibility index (Phi) is 4.97. The average Bonchev–Trinajstić information content (AvgIpc) is 2.78. The molecule has 2 aromatic heterocycles. The number of methoxy groups -OCH3 is 1. The van der Waals surface area contributed by atoms with E-state index in [9.17, 15) is 15.2 Å². The van der Waals surface area contributed by atoms with Crippen LogP contribution in [-0.2, 0) is 0 Å². The summed E-state index contributed by atoms with van der Waals surface area (Å²) in [5.41, 5.74) is 1.37. The third kappa shape index (κ3) is 3.27. The van der Waals surface area contributed by atoms with Gasteiger partial charge in [0, 0.05) is 11.8 Å². The molecule has 0 saturated carbocycles. The lowest BCUT2D eigenvalue weighted by molar-refractivity contribution is 0.373. The summed E-state index contributed by atoms with van der Waals surface area (Å²) >= 11 is 0. The van der Waals surface area contributed by atoms with Gasteiger partial charge in [0.05, 0.1) is 35.5 Å². The predicted octanol–water partition coefficient (Wildman–Crippen LogP) is 3.54. The van der Waals surface area contributed by atoms with E-state index in [1.165, 1.54) is 24.1 Å². The summed E-state index contributed by atoms with van der Waals surface area (Å²) in [4.78, 5) is 21.9. The first kappa shape index (κ1) is 18.9. The molecule has 4 aromatic rings. The Hall–Kier alpha value is -4.44. The number of nitriles is 1. The molecular formula is C23H16N4O3. The van der Waals surface area contributed by atoms with Crippen LogP contribution in [0.3, 0.4) is 0 Å². The highest BCUT2D eigenvalue weighted by molar-refractivity contribution is 5.80. The number of aromatic nitrogens is 3. The molecule has 0 amide bonds. The van der Waals surface area contributed by atoms with Gasteiger partial charge in [0.2, 0.25) is 0 Å². The molecule has 0 spiro atoms. The van der Waals surface area contributed by atoms with Gasteiger partial charge in [0.1, 0.15) is 11.9 Å². The number of benzene rings is 2. The summed E-state index contributed by atoms with van der Waals surface area (Å²) in [5.74, 6) is 0.607. The highest BCUT2D eigenvalue weighted by atomic mass is 16.5. The maximum Gasteiger partial charge on any atom is 0.266 e. The molecule has 2 aromatic carbocycles. The highest BCUT2D eigenvalue weighted by Gasteiger charge is 2.14. The Morgan fingerprint density at radius 3 is 2.77 bits per heavy atom. The van der Waals surface area contributed by atoms with Crippen LogP contribution in [0.25, 0.3) is 28.7 Å². The van der Waals surface area contributed by atoms with E-state index >= 15 is 0 Å². The van der Waals surface area contributed by atoms with Crippen molar-refractivity contribution in [1.82, 2.24) is 14.5 Å². The zero-order valence-corrected chi connectivity index (χ0v) is 16.0. The van der Waals surface area contributed by atoms with Gasteiger partial charge in [-0.15, -0.1) is 0 Å². The molecule has 0 bridgehead atoms. The lowest BCUT2D eigenvalue weighted by atomic mass is 10.1. The lowest BCUT2D eigenvalue weighted by Gasteiger charge is -2.12. The van der Waals surface area contributed by atoms with Crippen LogP contribution in [-0.4, -0.2) is 26.8 Å². The Bertz CT molecular complexity index is 1380. The number of phenols is 1. The standard InChI is InChI=1S/C23H16N4O3/c1-30-20-8-4-6-15(22(20)28)9-10-21-26-18-14-25-12-11-17(18)23(29)27(21)19-7-3-2-5-16(19)13-24/h2-12,14,28H,1H3/b10-9+. The van der Waals surface area contributed by atoms with E-state index in [1.807, 2.05) is 0 Å². The largest absolute Gasteiger partial charge is 0.504 e. The molecule has 30 heavy (non-hydrogen) atoms. The van der Waals surface area contributed by atoms with Crippen molar-refractivity contribution in [2.45, 2.75) is 0 Å². The minimum Gasteiger partial charge on any atom is -0.504 e. The number of para-hydroxylation sites is 2. The van der Waals surface area contributed by atoms with Crippen LogP contribution in [0.2, 0.25) is 0 Å². The smallest absolute Gasteiger partial charge is 0.266 e. The number of nitrogens with zero attached hydrogens (tertiary/aromatic N) is 4. The molecule has 0 atom stereocenters. The number of phenolic OH excluding ortho intramolecular Hbond substituents is 1. The first-order valence-electron chi connectivity index (χ1n) is 9.04. The van der Waals surface area contributed by atoms with Gasteiger partial charge in [-0.2, -0.15) is 5.26 Å². The van der Waals surface area contributed by atoms with E-state index in [4.69, 9.17) is 4.74 Å². The number of hydrogen-bond donors (Lipinski definition) is 1. The lowest BCUT2D eigenvalue weighted by Crippen LogP contribution is -2.23. The zero-order chi connectivity index (χ0) is 21.1. The number of pyridine rings is 1. The van der Waals surface area contributed by atoms with Crippen LogP contribution < -0.4 is 10.3 Å². The summed E-state index contributed by atoms with van der Waals surface area (Å²) in [5, 5.41) is 20.2. The van der Waals surface area contributed by atoms with Crippen molar-refractivity contribution in [3.05, 3.63) is 88.2 Å². The van der Waals surface area contributed by atoms with E-state index < -0.39 is 0 Å². The van der Waals surface area contributed by atoms with Gasteiger partial charge in [-0.05, 0) is 36.4 Å². The molecule has 7 heteroatoms. The van der Waals surface area contributed by atoms with E-state index in [-0.39, 0.29) is 11.3 Å². The molecule has 4 rings (SSSR count). The van der Waals surface area contributed by atoms with Crippen molar-refractivity contribution in [3.8, 4) is 23.3 Å². The van der Waals surface area contributed by atoms with Gasteiger partial charge in [-0.3, -0.25) is 14.3 Å². The van der Waals surface area contributed by atoms with Crippen LogP contribution in [0.5, 0.6) is 11.5 Å². The van der Waals surface area contributed by atoms with Crippen LogP contribution >= 0.6 is 0 Å². The number of hydrogen-bond acceptors (Lipinski definition) is 6. The van der Waals surface area contributed by atoms with E-state index in [0.717, 1.165) is 0 Å². The zero-order valence-electron chi connectivity index (χ0n) is 16.0. The van der Waals surface area contributed by atoms with Gasteiger partial charge in [0.15, 0.2) is 11.5 Å². The Morgan fingerprint density at radius 2 is 1.97 bits per heavy atom. The van der Waals surface area contributed by atoms with Gasteiger partial charge in [0.25, 0.3) is 5.56 Å². The normalized spacial score (nSPS) is 10.9. The Balaban J connectivity index is 1.98. The summed E-state index contributed by atoms with van der Waals surface area (Å²) < 4.78 is 6.52. The topological polar surface area (TPSA) is 101 Å². The molecule has 7 nitrogen and oxygen atoms in total. The fraction of sp³-hybridized carbons (Fsp3) is 0.0435. The molecule has 0 unspecified atom stereocenters. The molecule has 0 aliphatic heterocycles. The fourth-order valence-corrected chi connectivity index (χ4v) is 3.16. The fourth-order valence-electron chi connectivity index (χ4n) is 3.16. The minimum absolute atomic E-state index is 0.0231. The van der Waals surface area contributed by atoms with Crippen LogP contribution in [0.1, 0.15) is 17.0 Å². The summed E-state index contributed by atoms with van der Waals surface area (Å²) in [6.45, 7) is 0. The summed E-state index contributed by atoms with van der Waals surface area (Å²) in [6, 6.07) is 15.6. The maximum atomic E-state index is 13.3. The third-order valence-corrected chi connectivity index (χ3v) is 4.63. The second kappa shape index (κ2) is 7.89. The quantitative estimate of drug-likeness (QED) is 0.566. The Labute approximate surface area is 171 Å². The van der Waals surface area contributed by atoms with Gasteiger partial charge in [-0.25, -0.2) is 4.98 Å². The van der Waals surface area contributed by atoms with Crippen molar-refractivity contribution in [3.63, 3.8) is 0 Å². The number of ether oxygens (including phenoxy) is 1. The van der Waals surface area contributed by atoms with E-state index in [0.29, 0.717) is 39.3 Å². The number of fused-ring (bicyclic) bond motifs is 1. The predicted molar refractivity (Wildman–Crippen MR) is 113 cm³/mol. The van der Waals surface area contributed by atoms with Crippen molar-refractivity contribution < 1.29 is 9.84 Å². The van der Waals surface area contributed by atoms with Gasteiger partial charge in [-0.1, -0.05) is 24.3 Å². The first-order valence-corrected chi connectivity index (χ1v) is 9.04. The highest BCUT2D eigenvalue weighted by Crippen LogP contribution is 2.30. The molecular weight excluding hydrogens is 380 g/mol. The summed E-state index contributed by atoms with van der Waals surface area (Å²) in [7, 11) is 1.47. The third-order valence-electron chi connectivity index (χ3n) is 4.63. The molecule has 0 saturated heterocycles. The maximum absolute atomic E-state index is 13.3. The molecule has 0 radical (unpaired) electrons. The van der Waals surface area contributed by atoms with Crippen LogP contribution in [0, 0.1) is 11.3 Å². The average molecular weight is 396 g/mol. The van der Waals surface area contributed by atoms with Gasteiger partial charge < -0.3 is 9.84 Å². The monoisotopic (exact) mass is 396 g/mol. The number of rotatable bonds is 4. The van der Waals surface area contributed by atoms with Crippen molar-refractivity contribution in [2.24, 2.45) is 0 Å². The molecule has 0 aliphatic carbocycles. The molecule has 0 fully saturated rings. The van der Waals surface area contributed by atoms with Crippen molar-refractivity contribution >= 4 is 23.1 Å². The van der Waals surface area contributed by atoms with E-state index in [2.05, 4.69) is 16.0 Å². The second-order valence-electron chi connectivity index (χ2n) is 6.36. The first-order chi connectivity index (χ1) is 14.6. The molecule has 1 N–H and O–H groups in total. The SMILES string of the molecule is COc1cccc(/C=C/c2nc3cnccc3c(=O)n2-c2ccccc2C#N)c1O. The van der Waals surface area contributed by atoms with E-state index in [1.54, 1.807) is 60.7 Å². The molecule has 146 valence electrons. The van der Waals surface area contributed by atoms with Crippen LogP contribution in [0.4, 0.5) is 0 Å². The van der Waals surface area contributed by atoms with Crippen molar-refractivity contribution in [2.75, 3.05) is 7.11 Å². The Morgan fingerprint density at radius 1 is 1.13 bits per heavy atom.